The Morgan fingerprint density at radius 3 is 0.780 bits per heavy atom. The van der Waals surface area contributed by atoms with E-state index in [0.717, 1.165) is 114 Å². The number of aliphatic hydroxyl groups is 1. The van der Waals surface area contributed by atoms with Crippen molar-refractivity contribution in [2.75, 3.05) is 39.6 Å². The fraction of sp³-hybridized carbons (Fsp3) is 0.944. The van der Waals surface area contributed by atoms with Crippen LogP contribution in [0.15, 0.2) is 0 Å². The van der Waals surface area contributed by atoms with Gasteiger partial charge in [0.05, 0.1) is 26.4 Å². The Morgan fingerprint density at radius 1 is 0.308 bits per heavy atom. The minimum absolute atomic E-state index is 0.105. The standard InChI is InChI=1S/C72H140O17P2/c1-9-64(7)50-42-34-25-19-16-17-21-29-39-47-55-72(77)88-67(58-82-69(74)52-44-36-27-23-22-26-35-43-51-65(8)10-2)60-86-90(78,79)84-56-66(73)57-85-91(80,81)87-61-68(59-83-70(75)53-45-37-31-30-33-41-49-63(5)6)89-71(76)54-46-38-28-20-15-13-11-12-14-18-24-32-40-48-62(3)4/h62-68,73H,9-61H2,1-8H3,(H,78,79)(H,80,81)/t64?,65?,66-,67-,68-/m1/s1. The first-order chi connectivity index (χ1) is 43.7. The molecule has 0 heterocycles. The number of aliphatic hydroxyl groups excluding tert-OH is 1. The first-order valence-electron chi connectivity index (χ1n) is 37.3. The van der Waals surface area contributed by atoms with Gasteiger partial charge in [-0.3, -0.25) is 37.3 Å². The molecule has 4 unspecified atom stereocenters. The largest absolute Gasteiger partial charge is 0.472 e. The number of rotatable bonds is 69. The molecule has 91 heavy (non-hydrogen) atoms. The predicted molar refractivity (Wildman–Crippen MR) is 367 cm³/mol. The van der Waals surface area contributed by atoms with E-state index in [4.69, 9.17) is 37.0 Å². The summed E-state index contributed by atoms with van der Waals surface area (Å²) in [7, 11) is -9.91. The van der Waals surface area contributed by atoms with Crippen LogP contribution in [0.25, 0.3) is 0 Å². The molecule has 0 aliphatic rings. The lowest BCUT2D eigenvalue weighted by Crippen LogP contribution is -2.30. The molecule has 0 bridgehead atoms. The number of phosphoric ester groups is 2. The van der Waals surface area contributed by atoms with Gasteiger partial charge in [-0.2, -0.15) is 0 Å². The lowest BCUT2D eigenvalue weighted by Gasteiger charge is -2.21. The molecule has 0 amide bonds. The van der Waals surface area contributed by atoms with Crippen molar-refractivity contribution in [1.82, 2.24) is 0 Å². The van der Waals surface area contributed by atoms with E-state index in [0.29, 0.717) is 31.6 Å². The van der Waals surface area contributed by atoms with Gasteiger partial charge in [0, 0.05) is 25.7 Å². The second kappa shape index (κ2) is 61.6. The molecule has 0 aromatic heterocycles. The molecule has 0 saturated heterocycles. The molecular formula is C72H140O17P2. The summed E-state index contributed by atoms with van der Waals surface area (Å²) in [5, 5.41) is 10.6. The molecule has 0 aliphatic heterocycles. The van der Waals surface area contributed by atoms with Crippen LogP contribution in [0.3, 0.4) is 0 Å². The van der Waals surface area contributed by atoms with Gasteiger partial charge in [-0.05, 0) is 49.4 Å². The molecular weight excluding hydrogens is 1200 g/mol. The normalized spacial score (nSPS) is 14.8. The highest BCUT2D eigenvalue weighted by molar-refractivity contribution is 7.47. The van der Waals surface area contributed by atoms with Gasteiger partial charge in [-0.15, -0.1) is 0 Å². The van der Waals surface area contributed by atoms with Gasteiger partial charge >= 0.3 is 39.5 Å². The van der Waals surface area contributed by atoms with Gasteiger partial charge in [0.15, 0.2) is 12.2 Å². The molecule has 0 radical (unpaired) electrons. The van der Waals surface area contributed by atoms with E-state index in [2.05, 4.69) is 55.4 Å². The van der Waals surface area contributed by atoms with Gasteiger partial charge in [-0.25, -0.2) is 9.13 Å². The van der Waals surface area contributed by atoms with E-state index >= 15 is 0 Å². The smallest absolute Gasteiger partial charge is 0.462 e. The summed E-state index contributed by atoms with van der Waals surface area (Å²) in [5.74, 6) is 0.918. The number of ether oxygens (including phenoxy) is 4. The monoisotopic (exact) mass is 1340 g/mol. The summed E-state index contributed by atoms with van der Waals surface area (Å²) >= 11 is 0. The van der Waals surface area contributed by atoms with E-state index in [1.54, 1.807) is 0 Å². The number of carbonyl (C=O) groups is 4. The molecule has 0 aromatic rings. The van der Waals surface area contributed by atoms with Crippen LogP contribution in [0, 0.1) is 23.7 Å². The van der Waals surface area contributed by atoms with E-state index < -0.39 is 97.5 Å². The maximum atomic E-state index is 13.0. The van der Waals surface area contributed by atoms with Crippen LogP contribution >= 0.6 is 15.6 Å². The summed E-state index contributed by atoms with van der Waals surface area (Å²) in [6.07, 6.45) is 44.4. The van der Waals surface area contributed by atoms with Crippen LogP contribution in [0.2, 0.25) is 0 Å². The fourth-order valence-corrected chi connectivity index (χ4v) is 12.4. The average Bonchev–Trinajstić information content (AvgIpc) is 3.00. The van der Waals surface area contributed by atoms with Gasteiger partial charge in [0.1, 0.15) is 19.3 Å². The third-order valence-electron chi connectivity index (χ3n) is 17.3. The molecule has 0 aliphatic carbocycles. The zero-order valence-corrected chi connectivity index (χ0v) is 61.3. The van der Waals surface area contributed by atoms with Crippen LogP contribution in [-0.2, 0) is 65.4 Å². The summed E-state index contributed by atoms with van der Waals surface area (Å²) in [4.78, 5) is 72.6. The van der Waals surface area contributed by atoms with Crippen LogP contribution < -0.4 is 0 Å². The SMILES string of the molecule is CCC(C)CCCCCCCCCCCCC(=O)O[C@H](COC(=O)CCCCCCCCCCC(C)CC)COP(=O)(O)OC[C@@H](O)COP(=O)(O)OC[C@@H](COC(=O)CCCCCCCCC(C)C)OC(=O)CCCCCCCCCCCCCCCC(C)C. The predicted octanol–water partition coefficient (Wildman–Crippen LogP) is 20.5. The lowest BCUT2D eigenvalue weighted by atomic mass is 9.99. The van der Waals surface area contributed by atoms with Gasteiger partial charge in [0.25, 0.3) is 0 Å². The van der Waals surface area contributed by atoms with Gasteiger partial charge in [-0.1, -0.05) is 306 Å². The molecule has 0 fully saturated rings. The second-order valence-corrected chi connectivity index (χ2v) is 30.3. The maximum Gasteiger partial charge on any atom is 0.472 e. The number of unbranched alkanes of at least 4 members (excludes halogenated alkanes) is 33. The van der Waals surface area contributed by atoms with Crippen LogP contribution in [0.5, 0.6) is 0 Å². The molecule has 3 N–H and O–H groups in total. The second-order valence-electron chi connectivity index (χ2n) is 27.4. The zero-order chi connectivity index (χ0) is 67.5. The number of phosphoric acid groups is 2. The highest BCUT2D eigenvalue weighted by Crippen LogP contribution is 2.45. The van der Waals surface area contributed by atoms with E-state index in [-0.39, 0.29) is 25.7 Å². The summed E-state index contributed by atoms with van der Waals surface area (Å²) in [6.45, 7) is 14.1. The maximum absolute atomic E-state index is 13.0. The Bertz CT molecular complexity index is 1800. The fourth-order valence-electron chi connectivity index (χ4n) is 10.8. The zero-order valence-electron chi connectivity index (χ0n) is 59.5. The van der Waals surface area contributed by atoms with Gasteiger partial charge in [0.2, 0.25) is 0 Å². The molecule has 0 rings (SSSR count). The minimum Gasteiger partial charge on any atom is -0.462 e. The Morgan fingerprint density at radius 2 is 0.527 bits per heavy atom. The van der Waals surface area contributed by atoms with Crippen molar-refractivity contribution in [2.45, 2.75) is 375 Å². The molecule has 0 spiro atoms. The van der Waals surface area contributed by atoms with Gasteiger partial charge < -0.3 is 33.8 Å². The number of hydrogen-bond acceptors (Lipinski definition) is 15. The van der Waals surface area contributed by atoms with Crippen LogP contribution in [0.1, 0.15) is 357 Å². The highest BCUT2D eigenvalue weighted by atomic mass is 31.2. The summed E-state index contributed by atoms with van der Waals surface area (Å²) in [6, 6.07) is 0. The van der Waals surface area contributed by atoms with E-state index in [9.17, 15) is 43.2 Å². The highest BCUT2D eigenvalue weighted by Gasteiger charge is 2.30. The Kier molecular flexibility index (Phi) is 60.3. The third-order valence-corrected chi connectivity index (χ3v) is 19.2. The van der Waals surface area contributed by atoms with Crippen molar-refractivity contribution in [3.63, 3.8) is 0 Å². The lowest BCUT2D eigenvalue weighted by molar-refractivity contribution is -0.161. The number of carbonyl (C=O) groups excluding carboxylic acids is 4. The van der Waals surface area contributed by atoms with Crippen molar-refractivity contribution < 1.29 is 80.2 Å². The third kappa shape index (κ3) is 63.9. The first kappa shape index (κ1) is 89.1. The van der Waals surface area contributed by atoms with Crippen LogP contribution in [-0.4, -0.2) is 96.7 Å². The Hall–Kier alpha value is -1.94. The van der Waals surface area contributed by atoms with E-state index in [1.165, 1.54) is 154 Å². The first-order valence-corrected chi connectivity index (χ1v) is 40.3. The van der Waals surface area contributed by atoms with Crippen molar-refractivity contribution in [1.29, 1.82) is 0 Å². The van der Waals surface area contributed by atoms with Crippen LogP contribution in [0.4, 0.5) is 0 Å². The minimum atomic E-state index is -4.95. The molecule has 17 nitrogen and oxygen atoms in total. The quantitative estimate of drug-likeness (QED) is 0.0222. The Labute approximate surface area is 556 Å². The number of hydrogen-bond donors (Lipinski definition) is 3. The molecule has 0 saturated carbocycles. The molecule has 7 atom stereocenters. The van der Waals surface area contributed by atoms with Crippen molar-refractivity contribution in [3.05, 3.63) is 0 Å². The molecule has 540 valence electrons. The van der Waals surface area contributed by atoms with Crippen molar-refractivity contribution >= 4 is 39.5 Å². The topological polar surface area (TPSA) is 237 Å². The molecule has 19 heteroatoms. The van der Waals surface area contributed by atoms with E-state index in [1.807, 2.05) is 0 Å². The number of esters is 4. The Balaban J connectivity index is 5.25. The summed E-state index contributed by atoms with van der Waals surface area (Å²) < 4.78 is 68.4. The molecule has 0 aromatic carbocycles. The van der Waals surface area contributed by atoms with Crippen molar-refractivity contribution in [2.24, 2.45) is 23.7 Å². The summed E-state index contributed by atoms with van der Waals surface area (Å²) in [5.41, 5.74) is 0. The van der Waals surface area contributed by atoms with Crippen molar-refractivity contribution in [3.8, 4) is 0 Å². The average molecular weight is 1340 g/mol.